The summed E-state index contributed by atoms with van der Waals surface area (Å²) < 4.78 is 3.35. The summed E-state index contributed by atoms with van der Waals surface area (Å²) >= 11 is 1.32. The first-order valence-electron chi connectivity index (χ1n) is 7.38. The predicted octanol–water partition coefficient (Wildman–Crippen LogP) is 2.01. The van der Waals surface area contributed by atoms with Crippen molar-refractivity contribution in [2.24, 2.45) is 0 Å². The maximum absolute atomic E-state index is 12.5. The maximum Gasteiger partial charge on any atom is 0.329 e. The van der Waals surface area contributed by atoms with Crippen LogP contribution in [0.5, 0.6) is 0 Å². The summed E-state index contributed by atoms with van der Waals surface area (Å²) in [4.78, 5) is 24.5. The second-order valence-corrected chi connectivity index (χ2v) is 6.27. The molecule has 0 radical (unpaired) electrons. The van der Waals surface area contributed by atoms with Gasteiger partial charge in [0.15, 0.2) is 0 Å². The Kier molecular flexibility index (Phi) is 4.24. The van der Waals surface area contributed by atoms with Gasteiger partial charge >= 0.3 is 5.69 Å². The summed E-state index contributed by atoms with van der Waals surface area (Å²) in [5.74, 6) is -0.179. The summed E-state index contributed by atoms with van der Waals surface area (Å²) in [6.07, 6.45) is 0.205. The van der Waals surface area contributed by atoms with Gasteiger partial charge in [-0.3, -0.25) is 13.9 Å². The van der Waals surface area contributed by atoms with Crippen LogP contribution in [0.2, 0.25) is 0 Å². The topological polar surface area (TPSA) is 81.8 Å². The highest BCUT2D eigenvalue weighted by Crippen LogP contribution is 2.15. The third kappa shape index (κ3) is 3.02. The molecular weight excluding hydrogens is 314 g/mol. The summed E-state index contributed by atoms with van der Waals surface area (Å²) in [7, 11) is 0. The number of aromatic nitrogens is 4. The second-order valence-electron chi connectivity index (χ2n) is 5.09. The number of aryl methyl sites for hydroxylation is 3. The first kappa shape index (κ1) is 15.4. The van der Waals surface area contributed by atoms with E-state index in [4.69, 9.17) is 0 Å². The van der Waals surface area contributed by atoms with E-state index in [2.05, 4.69) is 15.5 Å². The lowest BCUT2D eigenvalue weighted by Crippen LogP contribution is -2.25. The van der Waals surface area contributed by atoms with Crippen LogP contribution in [0, 0.1) is 6.92 Å². The van der Waals surface area contributed by atoms with Crippen molar-refractivity contribution in [3.05, 3.63) is 39.8 Å². The molecule has 3 aromatic rings. The van der Waals surface area contributed by atoms with Crippen molar-refractivity contribution in [1.29, 1.82) is 0 Å². The smallest absolute Gasteiger partial charge is 0.300 e. The number of hydrogen-bond donors (Lipinski definition) is 1. The van der Waals surface area contributed by atoms with Gasteiger partial charge in [0.05, 0.1) is 11.0 Å². The van der Waals surface area contributed by atoms with Gasteiger partial charge in [-0.15, -0.1) is 10.2 Å². The first-order chi connectivity index (χ1) is 11.1. The Morgan fingerprint density at radius 2 is 1.91 bits per heavy atom. The molecule has 0 atom stereocenters. The predicted molar refractivity (Wildman–Crippen MR) is 89.8 cm³/mol. The number of fused-ring (bicyclic) bond motifs is 1. The number of carbonyl (C=O) groups excluding carboxylic acids is 1. The average Bonchev–Trinajstić information content (AvgIpc) is 3.05. The van der Waals surface area contributed by atoms with Gasteiger partial charge in [-0.2, -0.15) is 0 Å². The highest BCUT2D eigenvalue weighted by Gasteiger charge is 2.13. The van der Waals surface area contributed by atoms with Crippen LogP contribution in [-0.4, -0.2) is 25.2 Å². The molecule has 0 bridgehead atoms. The fourth-order valence-electron chi connectivity index (χ4n) is 2.54. The Balaban J connectivity index is 1.78. The Morgan fingerprint density at radius 1 is 1.22 bits per heavy atom. The number of benzene rings is 1. The van der Waals surface area contributed by atoms with E-state index in [9.17, 15) is 9.59 Å². The largest absolute Gasteiger partial charge is 0.329 e. The molecule has 23 heavy (non-hydrogen) atoms. The standard InChI is InChI=1S/C15H17N5O2S/c1-3-19-11-6-4-5-7-12(11)20(15(19)22)9-8-13(21)16-14-18-17-10(2)23-14/h4-7H,3,8-9H2,1-2H3,(H,16,18,21). The molecule has 2 heterocycles. The number of hydrogen-bond acceptors (Lipinski definition) is 5. The third-order valence-electron chi connectivity index (χ3n) is 3.58. The van der Waals surface area contributed by atoms with E-state index in [-0.39, 0.29) is 18.0 Å². The molecule has 120 valence electrons. The van der Waals surface area contributed by atoms with Crippen molar-refractivity contribution in [3.8, 4) is 0 Å². The van der Waals surface area contributed by atoms with Crippen molar-refractivity contribution in [3.63, 3.8) is 0 Å². The minimum atomic E-state index is -0.179. The SMILES string of the molecule is CCn1c(=O)n(CCC(=O)Nc2nnc(C)s2)c2ccccc21. The van der Waals surface area contributed by atoms with Crippen molar-refractivity contribution >= 4 is 33.4 Å². The van der Waals surface area contributed by atoms with Crippen LogP contribution < -0.4 is 11.0 Å². The monoisotopic (exact) mass is 331 g/mol. The molecule has 3 rings (SSSR count). The lowest BCUT2D eigenvalue weighted by molar-refractivity contribution is -0.116. The fourth-order valence-corrected chi connectivity index (χ4v) is 3.14. The van der Waals surface area contributed by atoms with Gasteiger partial charge in [-0.1, -0.05) is 23.5 Å². The zero-order valence-corrected chi connectivity index (χ0v) is 13.8. The van der Waals surface area contributed by atoms with E-state index in [1.54, 1.807) is 9.13 Å². The number of nitrogens with zero attached hydrogens (tertiary/aromatic N) is 4. The molecule has 1 amide bonds. The van der Waals surface area contributed by atoms with Crippen molar-refractivity contribution in [2.75, 3.05) is 5.32 Å². The number of nitrogens with one attached hydrogen (secondary N) is 1. The molecule has 1 aromatic carbocycles. The molecular formula is C15H17N5O2S. The lowest BCUT2D eigenvalue weighted by atomic mass is 10.3. The van der Waals surface area contributed by atoms with Crippen LogP contribution in [0.4, 0.5) is 5.13 Å². The van der Waals surface area contributed by atoms with Gasteiger partial charge in [0, 0.05) is 19.5 Å². The van der Waals surface area contributed by atoms with E-state index < -0.39 is 0 Å². The Hall–Kier alpha value is -2.48. The molecule has 1 N–H and O–H groups in total. The lowest BCUT2D eigenvalue weighted by Gasteiger charge is -2.03. The quantitative estimate of drug-likeness (QED) is 0.775. The summed E-state index contributed by atoms with van der Waals surface area (Å²) in [5, 5.41) is 11.7. The number of para-hydroxylation sites is 2. The number of amides is 1. The zero-order chi connectivity index (χ0) is 16.4. The Labute approximate surface area is 136 Å². The average molecular weight is 331 g/mol. The van der Waals surface area contributed by atoms with Crippen molar-refractivity contribution in [2.45, 2.75) is 33.4 Å². The Morgan fingerprint density at radius 3 is 2.52 bits per heavy atom. The van der Waals surface area contributed by atoms with Crippen molar-refractivity contribution in [1.82, 2.24) is 19.3 Å². The van der Waals surface area contributed by atoms with Crippen LogP contribution >= 0.6 is 11.3 Å². The summed E-state index contributed by atoms with van der Waals surface area (Å²) in [6, 6.07) is 7.61. The maximum atomic E-state index is 12.5. The highest BCUT2D eigenvalue weighted by atomic mass is 32.1. The van der Waals surface area contributed by atoms with Gasteiger partial charge in [0.2, 0.25) is 11.0 Å². The Bertz CT molecular complexity index is 908. The zero-order valence-electron chi connectivity index (χ0n) is 12.9. The highest BCUT2D eigenvalue weighted by molar-refractivity contribution is 7.15. The number of rotatable bonds is 5. The van der Waals surface area contributed by atoms with Crippen LogP contribution in [0.15, 0.2) is 29.1 Å². The molecule has 0 fully saturated rings. The first-order valence-corrected chi connectivity index (χ1v) is 8.20. The molecule has 7 nitrogen and oxygen atoms in total. The van der Waals surface area contributed by atoms with E-state index >= 15 is 0 Å². The minimum absolute atomic E-state index is 0.0896. The van der Waals surface area contributed by atoms with Crippen LogP contribution in [0.1, 0.15) is 18.4 Å². The molecule has 0 spiro atoms. The summed E-state index contributed by atoms with van der Waals surface area (Å²) in [5.41, 5.74) is 1.65. The molecule has 0 saturated carbocycles. The number of carbonyl (C=O) groups is 1. The summed E-state index contributed by atoms with van der Waals surface area (Å²) in [6.45, 7) is 4.69. The number of imidazole rings is 1. The molecule has 0 aliphatic heterocycles. The molecule has 8 heteroatoms. The fraction of sp³-hybridized carbons (Fsp3) is 0.333. The normalized spacial score (nSPS) is 11.0. The van der Waals surface area contributed by atoms with E-state index in [1.807, 2.05) is 38.1 Å². The van der Waals surface area contributed by atoms with Crippen molar-refractivity contribution < 1.29 is 4.79 Å². The van der Waals surface area contributed by atoms with E-state index in [1.165, 1.54) is 11.3 Å². The molecule has 0 saturated heterocycles. The molecule has 0 aliphatic rings. The van der Waals surface area contributed by atoms with Gasteiger partial charge in [-0.25, -0.2) is 4.79 Å². The van der Waals surface area contributed by atoms with Crippen LogP contribution in [0.3, 0.4) is 0 Å². The minimum Gasteiger partial charge on any atom is -0.300 e. The van der Waals surface area contributed by atoms with E-state index in [0.29, 0.717) is 18.2 Å². The van der Waals surface area contributed by atoms with Crippen LogP contribution in [-0.2, 0) is 17.9 Å². The van der Waals surface area contributed by atoms with Gasteiger partial charge in [0.1, 0.15) is 5.01 Å². The van der Waals surface area contributed by atoms with E-state index in [0.717, 1.165) is 16.0 Å². The number of anilines is 1. The third-order valence-corrected chi connectivity index (χ3v) is 4.33. The second kappa shape index (κ2) is 6.33. The van der Waals surface area contributed by atoms with Gasteiger partial charge in [-0.05, 0) is 26.0 Å². The van der Waals surface area contributed by atoms with Gasteiger partial charge in [0.25, 0.3) is 0 Å². The molecule has 0 aliphatic carbocycles. The van der Waals surface area contributed by atoms with Gasteiger partial charge < -0.3 is 5.32 Å². The molecule has 2 aromatic heterocycles. The van der Waals surface area contributed by atoms with Crippen LogP contribution in [0.25, 0.3) is 11.0 Å². The molecule has 0 unspecified atom stereocenters.